The number of nitrogens with zero attached hydrogens (tertiary/aromatic N) is 4. The van der Waals surface area contributed by atoms with Gasteiger partial charge in [-0.25, -0.2) is 13.8 Å². The largest absolute Gasteiger partial charge is 0.355 e. The van der Waals surface area contributed by atoms with Crippen LogP contribution in [0.3, 0.4) is 0 Å². The molecule has 2 heterocycles. The van der Waals surface area contributed by atoms with Crippen molar-refractivity contribution in [2.75, 3.05) is 11.4 Å². The molecule has 0 radical (unpaired) electrons. The predicted octanol–water partition coefficient (Wildman–Crippen LogP) is 3.21. The summed E-state index contributed by atoms with van der Waals surface area (Å²) in [5, 5.41) is 3.93. The van der Waals surface area contributed by atoms with Gasteiger partial charge in [-0.15, -0.1) is 5.10 Å². The van der Waals surface area contributed by atoms with Crippen LogP contribution in [0, 0.1) is 5.82 Å². The Hall–Kier alpha value is -2.58. The molecule has 0 bridgehead atoms. The number of anilines is 1. The molecule has 0 saturated heterocycles. The van der Waals surface area contributed by atoms with Crippen molar-refractivity contribution in [2.45, 2.75) is 52.5 Å². The number of rotatable bonds is 6. The van der Waals surface area contributed by atoms with Gasteiger partial charge in [0.05, 0.1) is 0 Å². The minimum atomic E-state index is -3.06. The summed E-state index contributed by atoms with van der Waals surface area (Å²) in [6.07, 6.45) is 2.06. The van der Waals surface area contributed by atoms with Gasteiger partial charge >= 0.3 is 12.2 Å². The minimum absolute atomic E-state index is 0.0842. The molecule has 1 aliphatic heterocycles. The van der Waals surface area contributed by atoms with E-state index < -0.39 is 18.1 Å². The Bertz CT molecular complexity index is 920. The molecule has 146 valence electrons. The smallest absolute Gasteiger partial charge is 0.312 e. The van der Waals surface area contributed by atoms with Crippen molar-refractivity contribution in [3.05, 3.63) is 39.8 Å². The van der Waals surface area contributed by atoms with Crippen LogP contribution in [0.4, 0.5) is 18.9 Å². The number of fused-ring (bicyclic) bond motifs is 1. The van der Waals surface area contributed by atoms with E-state index in [-0.39, 0.29) is 34.8 Å². The summed E-state index contributed by atoms with van der Waals surface area (Å²) < 4.78 is 42.2. The van der Waals surface area contributed by atoms with Gasteiger partial charge in [-0.1, -0.05) is 13.8 Å². The van der Waals surface area contributed by atoms with Gasteiger partial charge in [0.25, 0.3) is 0 Å². The number of hydrogen-bond acceptors (Lipinski definition) is 3. The Balaban J connectivity index is 2.17. The van der Waals surface area contributed by atoms with E-state index in [1.54, 1.807) is 11.8 Å². The second-order valence-electron chi connectivity index (χ2n) is 6.49. The van der Waals surface area contributed by atoms with Crippen LogP contribution in [0.1, 0.15) is 51.0 Å². The summed E-state index contributed by atoms with van der Waals surface area (Å²) in [5.74, 6) is -0.918. The average molecular weight is 382 g/mol. The lowest BCUT2D eigenvalue weighted by Crippen LogP contribution is -2.36. The first-order valence-corrected chi connectivity index (χ1v) is 9.00. The first-order valence-electron chi connectivity index (χ1n) is 9.00. The van der Waals surface area contributed by atoms with Gasteiger partial charge in [0.2, 0.25) is 5.91 Å². The third kappa shape index (κ3) is 3.38. The molecule has 2 aromatic rings. The maximum atomic E-state index is 14.7. The van der Waals surface area contributed by atoms with Crippen LogP contribution in [-0.2, 0) is 17.6 Å². The third-order valence-corrected chi connectivity index (χ3v) is 4.57. The number of benzene rings is 1. The van der Waals surface area contributed by atoms with Crippen LogP contribution in [-0.4, -0.2) is 26.8 Å². The van der Waals surface area contributed by atoms with Crippen LogP contribution in [0.2, 0.25) is 0 Å². The van der Waals surface area contributed by atoms with Crippen LogP contribution < -0.4 is 10.6 Å². The normalized spacial score (nSPS) is 14.1. The maximum Gasteiger partial charge on any atom is 0.355 e. The molecule has 0 saturated carbocycles. The highest BCUT2D eigenvalue weighted by atomic mass is 19.3. The highest BCUT2D eigenvalue weighted by Crippen LogP contribution is 2.31. The van der Waals surface area contributed by atoms with Gasteiger partial charge in [0.15, 0.2) is 0 Å². The minimum Gasteiger partial charge on any atom is -0.312 e. The van der Waals surface area contributed by atoms with E-state index in [1.165, 1.54) is 12.1 Å². The fourth-order valence-corrected chi connectivity index (χ4v) is 3.35. The van der Waals surface area contributed by atoms with E-state index in [0.717, 1.165) is 0 Å². The van der Waals surface area contributed by atoms with Crippen molar-refractivity contribution >= 4 is 11.6 Å². The molecule has 3 rings (SSSR count). The first-order chi connectivity index (χ1) is 12.9. The number of amides is 1. The topological polar surface area (TPSA) is 60.1 Å². The molecule has 6 nitrogen and oxygen atoms in total. The number of carbonyl (C=O) groups excluding carboxylic acids is 1. The molecule has 9 heteroatoms. The lowest BCUT2D eigenvalue weighted by Gasteiger charge is -2.29. The van der Waals surface area contributed by atoms with Gasteiger partial charge in [-0.3, -0.25) is 4.79 Å². The highest BCUT2D eigenvalue weighted by Gasteiger charge is 2.27. The Morgan fingerprint density at radius 2 is 1.85 bits per heavy atom. The number of hydrogen-bond donors (Lipinski definition) is 0. The Morgan fingerprint density at radius 3 is 2.48 bits per heavy atom. The second-order valence-corrected chi connectivity index (χ2v) is 6.49. The molecule has 0 N–H and O–H groups in total. The summed E-state index contributed by atoms with van der Waals surface area (Å²) in [4.78, 5) is 26.2. The van der Waals surface area contributed by atoms with Crippen LogP contribution >= 0.6 is 0 Å². The SMILES string of the molecule is CCCc1nn(-c2cc3c(cc2F)CCC(=O)N3CCC)c(=O)n1C(F)F. The van der Waals surface area contributed by atoms with Gasteiger partial charge in [0, 0.05) is 25.1 Å². The summed E-state index contributed by atoms with van der Waals surface area (Å²) in [7, 11) is 0. The molecule has 0 unspecified atom stereocenters. The number of carbonyl (C=O) groups is 1. The maximum absolute atomic E-state index is 14.7. The lowest BCUT2D eigenvalue weighted by atomic mass is 10.00. The zero-order valence-corrected chi connectivity index (χ0v) is 15.2. The van der Waals surface area contributed by atoms with Gasteiger partial charge in [-0.2, -0.15) is 13.5 Å². The molecule has 27 heavy (non-hydrogen) atoms. The van der Waals surface area contributed by atoms with E-state index >= 15 is 0 Å². The number of aryl methyl sites for hydroxylation is 2. The molecule has 0 aliphatic carbocycles. The summed E-state index contributed by atoms with van der Waals surface area (Å²) in [5.41, 5.74) is -0.178. The molecule has 1 aliphatic rings. The molecule has 0 atom stereocenters. The molecule has 1 aromatic heterocycles. The van der Waals surface area contributed by atoms with Crippen molar-refractivity contribution in [3.63, 3.8) is 0 Å². The van der Waals surface area contributed by atoms with Gasteiger partial charge in [0.1, 0.15) is 17.3 Å². The fourth-order valence-electron chi connectivity index (χ4n) is 3.35. The van der Waals surface area contributed by atoms with Crippen molar-refractivity contribution < 1.29 is 18.0 Å². The number of halogens is 3. The standard InChI is InChI=1S/C18H21F3N4O2/c1-3-5-15-22-25(18(27)24(15)17(20)21)14-10-13-11(9-12(14)19)6-7-16(26)23(13)8-4-2/h9-10,17H,3-8H2,1-2H3. The molecule has 0 fully saturated rings. The van der Waals surface area contributed by atoms with E-state index in [1.807, 2.05) is 6.92 Å². The van der Waals surface area contributed by atoms with Crippen molar-refractivity contribution in [3.8, 4) is 5.69 Å². The average Bonchev–Trinajstić information content (AvgIpc) is 2.94. The quantitative estimate of drug-likeness (QED) is 0.771. The lowest BCUT2D eigenvalue weighted by molar-refractivity contribution is -0.118. The fraction of sp³-hybridized carbons (Fsp3) is 0.500. The zero-order chi connectivity index (χ0) is 19.7. The molecule has 0 spiro atoms. The van der Waals surface area contributed by atoms with E-state index in [4.69, 9.17) is 0 Å². The first kappa shape index (κ1) is 19.2. The molecule has 1 amide bonds. The Labute approximate surface area is 154 Å². The van der Waals surface area contributed by atoms with Crippen molar-refractivity contribution in [2.24, 2.45) is 0 Å². The van der Waals surface area contributed by atoms with E-state index in [2.05, 4.69) is 5.10 Å². The summed E-state index contributed by atoms with van der Waals surface area (Å²) in [6.45, 7) is 1.08. The van der Waals surface area contributed by atoms with Crippen molar-refractivity contribution in [1.82, 2.24) is 14.3 Å². The van der Waals surface area contributed by atoms with E-state index in [9.17, 15) is 22.8 Å². The Kier molecular flexibility index (Phi) is 5.38. The monoisotopic (exact) mass is 382 g/mol. The van der Waals surface area contributed by atoms with Gasteiger partial charge in [-0.05, 0) is 37.0 Å². The highest BCUT2D eigenvalue weighted by molar-refractivity contribution is 5.96. The van der Waals surface area contributed by atoms with E-state index in [0.29, 0.717) is 41.7 Å². The number of alkyl halides is 2. The zero-order valence-electron chi connectivity index (χ0n) is 15.2. The van der Waals surface area contributed by atoms with Crippen LogP contribution in [0.25, 0.3) is 5.69 Å². The van der Waals surface area contributed by atoms with Crippen molar-refractivity contribution in [1.29, 1.82) is 0 Å². The molecular formula is C18H21F3N4O2. The number of aromatic nitrogens is 3. The molecular weight excluding hydrogens is 361 g/mol. The predicted molar refractivity (Wildman–Crippen MR) is 94.0 cm³/mol. The summed E-state index contributed by atoms with van der Waals surface area (Å²) >= 11 is 0. The van der Waals surface area contributed by atoms with Crippen LogP contribution in [0.15, 0.2) is 16.9 Å². The third-order valence-electron chi connectivity index (χ3n) is 4.57. The van der Waals surface area contributed by atoms with Gasteiger partial charge < -0.3 is 4.90 Å². The Morgan fingerprint density at radius 1 is 1.11 bits per heavy atom. The molecule has 1 aromatic carbocycles. The second kappa shape index (κ2) is 7.58. The van der Waals surface area contributed by atoms with Crippen LogP contribution in [0.5, 0.6) is 0 Å². The summed E-state index contributed by atoms with van der Waals surface area (Å²) in [6, 6.07) is 2.62.